The lowest BCUT2D eigenvalue weighted by Crippen LogP contribution is -2.48. The van der Waals surface area contributed by atoms with Gasteiger partial charge in [0.15, 0.2) is 0 Å². The molecule has 2 unspecified atom stereocenters. The first-order valence-electron chi connectivity index (χ1n) is 16.8. The largest absolute Gasteiger partial charge is 0.462 e. The molecule has 0 spiro atoms. The fourth-order valence-electron chi connectivity index (χ4n) is 9.31. The Kier molecular flexibility index (Phi) is 10.3. The molecule has 2 fully saturated rings. The van der Waals surface area contributed by atoms with E-state index in [1.54, 1.807) is 5.57 Å². The Balaban J connectivity index is 1.32. The van der Waals surface area contributed by atoms with Gasteiger partial charge in [0.1, 0.15) is 6.10 Å². The smallest absolute Gasteiger partial charge is 0.306 e. The van der Waals surface area contributed by atoms with E-state index in [0.29, 0.717) is 17.3 Å². The Hall–Kier alpha value is -1.05. The molecule has 2 heteroatoms. The number of rotatable bonds is 13. The van der Waals surface area contributed by atoms with Crippen molar-refractivity contribution < 1.29 is 9.53 Å². The van der Waals surface area contributed by atoms with Crippen LogP contribution in [0, 0.1) is 40.4 Å². The monoisotopic (exact) mass is 524 g/mol. The second-order valence-corrected chi connectivity index (χ2v) is 14.7. The Labute approximate surface area is 235 Å². The SMILES string of the molecule is CCCCCCCCC(=O)O[C@H]1CC[C@@]2(C)C(=CCC3C4=CC[C@H]([C@H](C)CCCC(C)C)[C@@]4(C)CCC32)C1. The first kappa shape index (κ1) is 29.9. The number of ether oxygens (including phenoxy) is 1. The summed E-state index contributed by atoms with van der Waals surface area (Å²) in [6.45, 7) is 14.7. The van der Waals surface area contributed by atoms with Gasteiger partial charge in [-0.05, 0) is 85.4 Å². The van der Waals surface area contributed by atoms with Gasteiger partial charge in [0.2, 0.25) is 0 Å². The van der Waals surface area contributed by atoms with Gasteiger partial charge in [0.05, 0.1) is 0 Å². The summed E-state index contributed by atoms with van der Waals surface area (Å²) >= 11 is 0. The summed E-state index contributed by atoms with van der Waals surface area (Å²) in [5.74, 6) is 4.05. The van der Waals surface area contributed by atoms with Gasteiger partial charge in [-0.2, -0.15) is 0 Å². The van der Waals surface area contributed by atoms with Crippen LogP contribution in [0.15, 0.2) is 23.3 Å². The first-order valence-corrected chi connectivity index (χ1v) is 16.8. The van der Waals surface area contributed by atoms with Crippen molar-refractivity contribution in [3.8, 4) is 0 Å². The third-order valence-electron chi connectivity index (χ3n) is 11.7. The molecule has 38 heavy (non-hydrogen) atoms. The van der Waals surface area contributed by atoms with E-state index in [0.717, 1.165) is 48.9 Å². The first-order chi connectivity index (χ1) is 18.2. The summed E-state index contributed by atoms with van der Waals surface area (Å²) in [5, 5.41) is 0. The molecule has 0 aromatic carbocycles. The van der Waals surface area contributed by atoms with Gasteiger partial charge < -0.3 is 4.74 Å². The molecular weight excluding hydrogens is 464 g/mol. The Morgan fingerprint density at radius 3 is 2.42 bits per heavy atom. The molecule has 2 nitrogen and oxygen atoms in total. The van der Waals surface area contributed by atoms with E-state index in [2.05, 4.69) is 53.7 Å². The maximum Gasteiger partial charge on any atom is 0.306 e. The molecule has 7 atom stereocenters. The van der Waals surface area contributed by atoms with Crippen LogP contribution < -0.4 is 0 Å². The van der Waals surface area contributed by atoms with Crippen molar-refractivity contribution >= 4 is 5.97 Å². The normalized spacial score (nSPS) is 35.1. The molecule has 0 N–H and O–H groups in total. The predicted molar refractivity (Wildman–Crippen MR) is 161 cm³/mol. The van der Waals surface area contributed by atoms with E-state index in [4.69, 9.17) is 4.74 Å². The summed E-state index contributed by atoms with van der Waals surface area (Å²) in [7, 11) is 0. The predicted octanol–water partition coefficient (Wildman–Crippen LogP) is 10.6. The summed E-state index contributed by atoms with van der Waals surface area (Å²) in [6.07, 6.45) is 26.0. The molecule has 0 amide bonds. The van der Waals surface area contributed by atoms with Crippen molar-refractivity contribution in [1.29, 1.82) is 0 Å². The van der Waals surface area contributed by atoms with Gasteiger partial charge in [0, 0.05) is 12.8 Å². The number of hydrogen-bond donors (Lipinski definition) is 0. The average molecular weight is 525 g/mol. The molecule has 2 saturated carbocycles. The van der Waals surface area contributed by atoms with Crippen LogP contribution >= 0.6 is 0 Å². The number of hydrogen-bond acceptors (Lipinski definition) is 2. The topological polar surface area (TPSA) is 26.3 Å². The molecule has 0 aromatic heterocycles. The zero-order valence-electron chi connectivity index (χ0n) is 26.0. The molecule has 216 valence electrons. The number of carbonyl (C=O) groups excluding carboxylic acids is 1. The fourth-order valence-corrected chi connectivity index (χ4v) is 9.31. The van der Waals surface area contributed by atoms with Gasteiger partial charge in [-0.15, -0.1) is 0 Å². The minimum absolute atomic E-state index is 0.0430. The van der Waals surface area contributed by atoms with Crippen LogP contribution in [0.2, 0.25) is 0 Å². The lowest BCUT2D eigenvalue weighted by Gasteiger charge is -2.57. The van der Waals surface area contributed by atoms with Crippen LogP contribution in [0.4, 0.5) is 0 Å². The highest BCUT2D eigenvalue weighted by Crippen LogP contribution is 2.65. The van der Waals surface area contributed by atoms with Gasteiger partial charge in [-0.3, -0.25) is 4.79 Å². The summed E-state index contributed by atoms with van der Waals surface area (Å²) in [4.78, 5) is 12.6. The van der Waals surface area contributed by atoms with E-state index in [9.17, 15) is 4.79 Å². The second-order valence-electron chi connectivity index (χ2n) is 14.7. The number of allylic oxidation sites excluding steroid dienone is 3. The van der Waals surface area contributed by atoms with Crippen molar-refractivity contribution in [2.24, 2.45) is 40.4 Å². The molecular formula is C36H60O2. The molecule has 0 heterocycles. The second kappa shape index (κ2) is 13.1. The lowest BCUT2D eigenvalue weighted by atomic mass is 9.48. The van der Waals surface area contributed by atoms with Crippen LogP contribution in [0.3, 0.4) is 0 Å². The van der Waals surface area contributed by atoms with E-state index in [1.807, 2.05) is 5.57 Å². The Bertz CT molecular complexity index is 851. The van der Waals surface area contributed by atoms with Crippen molar-refractivity contribution in [3.05, 3.63) is 23.3 Å². The molecule has 0 radical (unpaired) electrons. The van der Waals surface area contributed by atoms with Gasteiger partial charge in [0.25, 0.3) is 0 Å². The molecule has 0 saturated heterocycles. The number of carbonyl (C=O) groups is 1. The van der Waals surface area contributed by atoms with Crippen molar-refractivity contribution in [1.82, 2.24) is 0 Å². The number of fused-ring (bicyclic) bond motifs is 5. The van der Waals surface area contributed by atoms with Gasteiger partial charge in [-0.25, -0.2) is 0 Å². The zero-order chi connectivity index (χ0) is 27.3. The lowest BCUT2D eigenvalue weighted by molar-refractivity contribution is -0.151. The maximum absolute atomic E-state index is 12.6. The molecule has 4 aliphatic carbocycles. The third-order valence-corrected chi connectivity index (χ3v) is 11.7. The van der Waals surface area contributed by atoms with Crippen molar-refractivity contribution in [3.63, 3.8) is 0 Å². The molecule has 0 bridgehead atoms. The summed E-state index contributed by atoms with van der Waals surface area (Å²) < 4.78 is 6.03. The van der Waals surface area contributed by atoms with E-state index >= 15 is 0 Å². The quantitative estimate of drug-likeness (QED) is 0.136. The molecule has 0 aliphatic heterocycles. The minimum atomic E-state index is 0.0430. The highest BCUT2D eigenvalue weighted by molar-refractivity contribution is 5.69. The average Bonchev–Trinajstić information content (AvgIpc) is 3.23. The fraction of sp³-hybridized carbons (Fsp3) is 0.861. The van der Waals surface area contributed by atoms with Crippen LogP contribution in [0.1, 0.15) is 151 Å². The van der Waals surface area contributed by atoms with Gasteiger partial charge in [-0.1, -0.05) is 116 Å². The van der Waals surface area contributed by atoms with Crippen LogP contribution in [0.5, 0.6) is 0 Å². The highest BCUT2D eigenvalue weighted by Gasteiger charge is 2.56. The Morgan fingerprint density at radius 1 is 0.921 bits per heavy atom. The number of unbranched alkanes of at least 4 members (excludes halogenated alkanes) is 5. The van der Waals surface area contributed by atoms with E-state index < -0.39 is 0 Å². The molecule has 0 aromatic rings. The van der Waals surface area contributed by atoms with Crippen LogP contribution in [-0.2, 0) is 9.53 Å². The standard InChI is InChI=1S/C36H60O2/c1-7-8-9-10-11-12-16-34(37)38-29-21-23-35(5)28(25-29)17-18-30-32-20-19-31(27(4)15-13-14-26(2)3)36(32,6)24-22-33(30)35/h17,20,26-27,29-31,33H,7-16,18-19,21-25H2,1-6H3/t27-,29+,30?,31-,33?,35+,36-/m1/s1. The third kappa shape index (κ3) is 6.46. The van der Waals surface area contributed by atoms with E-state index in [-0.39, 0.29) is 12.1 Å². The summed E-state index contributed by atoms with van der Waals surface area (Å²) in [6, 6.07) is 0. The number of esters is 1. The summed E-state index contributed by atoms with van der Waals surface area (Å²) in [5.41, 5.74) is 4.17. The van der Waals surface area contributed by atoms with Crippen molar-refractivity contribution in [2.45, 2.75) is 157 Å². The van der Waals surface area contributed by atoms with Gasteiger partial charge >= 0.3 is 5.97 Å². The van der Waals surface area contributed by atoms with E-state index in [1.165, 1.54) is 83.5 Å². The Morgan fingerprint density at radius 2 is 1.66 bits per heavy atom. The molecule has 4 aliphatic rings. The van der Waals surface area contributed by atoms with Crippen molar-refractivity contribution in [2.75, 3.05) is 0 Å². The molecule has 4 rings (SSSR count). The van der Waals surface area contributed by atoms with Crippen LogP contribution in [-0.4, -0.2) is 12.1 Å². The maximum atomic E-state index is 12.6. The van der Waals surface area contributed by atoms with Crippen LogP contribution in [0.25, 0.3) is 0 Å². The highest BCUT2D eigenvalue weighted by atomic mass is 16.5. The minimum Gasteiger partial charge on any atom is -0.462 e. The zero-order valence-corrected chi connectivity index (χ0v) is 26.0.